The highest BCUT2D eigenvalue weighted by Gasteiger charge is 2.18. The third kappa shape index (κ3) is 9.86. The monoisotopic (exact) mass is 364 g/mol. The molecule has 1 aromatic rings. The third-order valence-corrected chi connectivity index (χ3v) is 4.96. The van der Waals surface area contributed by atoms with Crippen molar-refractivity contribution in [1.82, 2.24) is 0 Å². The van der Waals surface area contributed by atoms with Crippen molar-refractivity contribution < 1.29 is 14.9 Å². The molecule has 0 saturated heterocycles. The molecule has 2 rings (SSSR count). The molecule has 0 aromatic heterocycles. The van der Waals surface area contributed by atoms with E-state index in [0.29, 0.717) is 11.7 Å². The van der Waals surface area contributed by atoms with Crippen LogP contribution in [-0.4, -0.2) is 24.4 Å². The molecule has 0 bridgehead atoms. The van der Waals surface area contributed by atoms with Gasteiger partial charge in [0.2, 0.25) is 0 Å². The van der Waals surface area contributed by atoms with Crippen LogP contribution in [0.2, 0.25) is 0 Å². The van der Waals surface area contributed by atoms with E-state index in [-0.39, 0.29) is 0 Å². The van der Waals surface area contributed by atoms with Crippen molar-refractivity contribution in [1.29, 1.82) is 0 Å². The summed E-state index contributed by atoms with van der Waals surface area (Å²) >= 11 is 0. The predicted molar refractivity (Wildman–Crippen MR) is 112 cm³/mol. The lowest BCUT2D eigenvalue weighted by atomic mass is 10.0. The summed E-state index contributed by atoms with van der Waals surface area (Å²) < 4.78 is 5.13. The van der Waals surface area contributed by atoms with Crippen molar-refractivity contribution in [2.45, 2.75) is 78.6 Å². The van der Waals surface area contributed by atoms with E-state index in [2.05, 4.69) is 32.9 Å². The maximum absolute atomic E-state index is 9.77. The van der Waals surface area contributed by atoms with E-state index in [1.165, 1.54) is 62.5 Å². The molecule has 0 unspecified atom stereocenters. The van der Waals surface area contributed by atoms with Gasteiger partial charge < -0.3 is 14.9 Å². The standard InChI is InChI=1S/C13H24O.C9H12O.CH4O/c1-2-3-4-5-6-11-13(14)12-9-7-8-10-12;1-7-5-4-6-9(10-3)8(7)2;1-2/h11-12,14H,2-10H2,1H3;4-6H,1-3H3;2H,1H3. The number of aliphatic hydroxyl groups is 2. The Kier molecular flexibility index (Phi) is 14.9. The molecule has 26 heavy (non-hydrogen) atoms. The summed E-state index contributed by atoms with van der Waals surface area (Å²) in [4.78, 5) is 0. The van der Waals surface area contributed by atoms with Crippen molar-refractivity contribution in [3.8, 4) is 5.75 Å². The van der Waals surface area contributed by atoms with Crippen LogP contribution < -0.4 is 4.74 Å². The lowest BCUT2D eigenvalue weighted by Gasteiger charge is -2.07. The second kappa shape index (κ2) is 15.7. The van der Waals surface area contributed by atoms with Crippen molar-refractivity contribution in [3.63, 3.8) is 0 Å². The SMILES string of the molecule is CCCCCCC=C(O)C1CCCC1.CO.COc1cccc(C)c1C. The number of ether oxygens (including phenoxy) is 1. The number of aliphatic hydroxyl groups excluding tert-OH is 2. The molecule has 3 heteroatoms. The van der Waals surface area contributed by atoms with Gasteiger partial charge in [-0.1, -0.05) is 51.2 Å². The number of rotatable bonds is 7. The second-order valence-electron chi connectivity index (χ2n) is 6.86. The highest BCUT2D eigenvalue weighted by atomic mass is 16.5. The van der Waals surface area contributed by atoms with E-state index < -0.39 is 0 Å². The van der Waals surface area contributed by atoms with Gasteiger partial charge in [-0.25, -0.2) is 0 Å². The first-order valence-corrected chi connectivity index (χ1v) is 10.0. The van der Waals surface area contributed by atoms with Crippen molar-refractivity contribution in [2.75, 3.05) is 14.2 Å². The van der Waals surface area contributed by atoms with E-state index in [0.717, 1.165) is 19.3 Å². The first-order valence-electron chi connectivity index (χ1n) is 10.0. The predicted octanol–water partition coefficient (Wildman–Crippen LogP) is 6.51. The fourth-order valence-corrected chi connectivity index (χ4v) is 3.15. The van der Waals surface area contributed by atoms with E-state index in [4.69, 9.17) is 9.84 Å². The molecule has 3 nitrogen and oxygen atoms in total. The van der Waals surface area contributed by atoms with Gasteiger partial charge in [0, 0.05) is 13.0 Å². The Bertz CT molecular complexity index is 488. The number of hydrogen-bond donors (Lipinski definition) is 2. The molecule has 0 radical (unpaired) electrons. The summed E-state index contributed by atoms with van der Waals surface area (Å²) in [6, 6.07) is 6.06. The van der Waals surface area contributed by atoms with E-state index in [9.17, 15) is 5.11 Å². The van der Waals surface area contributed by atoms with Crippen LogP contribution in [0.25, 0.3) is 0 Å². The summed E-state index contributed by atoms with van der Waals surface area (Å²) in [6.07, 6.45) is 13.3. The molecule has 1 saturated carbocycles. The quantitative estimate of drug-likeness (QED) is 0.428. The van der Waals surface area contributed by atoms with Crippen LogP contribution in [-0.2, 0) is 0 Å². The fourth-order valence-electron chi connectivity index (χ4n) is 3.15. The molecule has 0 amide bonds. The van der Waals surface area contributed by atoms with Gasteiger partial charge in [0.25, 0.3) is 0 Å². The minimum atomic E-state index is 0.501. The maximum Gasteiger partial charge on any atom is 0.122 e. The molecule has 150 valence electrons. The zero-order valence-corrected chi connectivity index (χ0v) is 17.6. The number of benzene rings is 1. The summed E-state index contributed by atoms with van der Waals surface area (Å²) in [5, 5.41) is 16.8. The molecular formula is C23H40O3. The second-order valence-corrected chi connectivity index (χ2v) is 6.86. The highest BCUT2D eigenvalue weighted by Crippen LogP contribution is 2.29. The molecule has 1 aliphatic carbocycles. The van der Waals surface area contributed by atoms with Gasteiger partial charge in [-0.05, 0) is 62.8 Å². The van der Waals surface area contributed by atoms with Gasteiger partial charge >= 0.3 is 0 Å². The topological polar surface area (TPSA) is 49.7 Å². The summed E-state index contributed by atoms with van der Waals surface area (Å²) in [7, 11) is 2.70. The lowest BCUT2D eigenvalue weighted by Crippen LogP contribution is -1.97. The Morgan fingerprint density at radius 2 is 1.77 bits per heavy atom. The average Bonchev–Trinajstić information content (AvgIpc) is 3.21. The zero-order valence-electron chi connectivity index (χ0n) is 17.6. The molecule has 0 spiro atoms. The number of aryl methyl sites for hydroxylation is 1. The van der Waals surface area contributed by atoms with Gasteiger partial charge in [0.15, 0.2) is 0 Å². The van der Waals surface area contributed by atoms with Crippen LogP contribution in [0.5, 0.6) is 5.75 Å². The minimum absolute atomic E-state index is 0.501. The molecule has 1 fully saturated rings. The van der Waals surface area contributed by atoms with Crippen LogP contribution in [0.3, 0.4) is 0 Å². The van der Waals surface area contributed by atoms with Gasteiger partial charge in [0.05, 0.1) is 12.9 Å². The first kappa shape index (κ1) is 24.5. The van der Waals surface area contributed by atoms with E-state index in [1.807, 2.05) is 12.1 Å². The molecule has 0 aliphatic heterocycles. The van der Waals surface area contributed by atoms with Crippen LogP contribution >= 0.6 is 0 Å². The van der Waals surface area contributed by atoms with Crippen LogP contribution in [0.15, 0.2) is 30.0 Å². The molecule has 2 N–H and O–H groups in total. The van der Waals surface area contributed by atoms with Gasteiger partial charge in [0.1, 0.15) is 5.75 Å². The summed E-state index contributed by atoms with van der Waals surface area (Å²) in [5.74, 6) is 2.15. The van der Waals surface area contributed by atoms with Gasteiger partial charge in [-0.2, -0.15) is 0 Å². The molecular weight excluding hydrogens is 324 g/mol. The Balaban J connectivity index is 0.000000458. The summed E-state index contributed by atoms with van der Waals surface area (Å²) in [6.45, 7) is 6.37. The van der Waals surface area contributed by atoms with E-state index in [1.54, 1.807) is 7.11 Å². The average molecular weight is 365 g/mol. The Morgan fingerprint density at radius 1 is 1.12 bits per heavy atom. The minimum Gasteiger partial charge on any atom is -0.512 e. The Labute approximate surface area is 161 Å². The number of methoxy groups -OCH3 is 1. The molecule has 0 heterocycles. The maximum atomic E-state index is 9.77. The molecule has 1 aliphatic rings. The van der Waals surface area contributed by atoms with Crippen molar-refractivity contribution >= 4 is 0 Å². The lowest BCUT2D eigenvalue weighted by molar-refractivity contribution is 0.329. The molecule has 0 atom stereocenters. The Hall–Kier alpha value is -1.48. The Morgan fingerprint density at radius 3 is 2.31 bits per heavy atom. The largest absolute Gasteiger partial charge is 0.512 e. The number of hydrogen-bond acceptors (Lipinski definition) is 3. The van der Waals surface area contributed by atoms with Crippen molar-refractivity contribution in [3.05, 3.63) is 41.2 Å². The van der Waals surface area contributed by atoms with Crippen molar-refractivity contribution in [2.24, 2.45) is 5.92 Å². The highest BCUT2D eigenvalue weighted by molar-refractivity contribution is 5.37. The summed E-state index contributed by atoms with van der Waals surface area (Å²) in [5.41, 5.74) is 2.50. The molecule has 1 aromatic carbocycles. The first-order chi connectivity index (χ1) is 12.6. The third-order valence-electron chi connectivity index (χ3n) is 4.96. The normalized spacial score (nSPS) is 14.2. The van der Waals surface area contributed by atoms with Crippen LogP contribution in [0.1, 0.15) is 75.8 Å². The number of allylic oxidation sites excluding steroid dienone is 2. The van der Waals surface area contributed by atoms with Crippen LogP contribution in [0.4, 0.5) is 0 Å². The smallest absolute Gasteiger partial charge is 0.122 e. The van der Waals surface area contributed by atoms with Gasteiger partial charge in [-0.15, -0.1) is 0 Å². The van der Waals surface area contributed by atoms with Crippen LogP contribution in [0, 0.1) is 19.8 Å². The van der Waals surface area contributed by atoms with E-state index >= 15 is 0 Å². The van der Waals surface area contributed by atoms with Gasteiger partial charge in [-0.3, -0.25) is 0 Å². The zero-order chi connectivity index (χ0) is 19.8. The fraction of sp³-hybridized carbons (Fsp3) is 0.652. The number of unbranched alkanes of at least 4 members (excludes halogenated alkanes) is 4.